The van der Waals surface area contributed by atoms with Crippen LogP contribution in [0.2, 0.25) is 0 Å². The van der Waals surface area contributed by atoms with Crippen molar-refractivity contribution in [1.29, 1.82) is 0 Å². The predicted molar refractivity (Wildman–Crippen MR) is 73.7 cm³/mol. The van der Waals surface area contributed by atoms with E-state index in [1.807, 2.05) is 31.4 Å². The smallest absolute Gasteiger partial charge is 0.134 e. The van der Waals surface area contributed by atoms with Gasteiger partial charge in [-0.25, -0.2) is 0 Å². The minimum Gasteiger partial charge on any atom is -0.487 e. The molecule has 0 spiro atoms. The molecular formula is C14H20N4O. The van der Waals surface area contributed by atoms with Crippen LogP contribution >= 0.6 is 0 Å². The SMILES string of the molecule is CCC(N)Cc1ccccc1OCc1cn(C)nn1. The van der Waals surface area contributed by atoms with Crippen molar-refractivity contribution in [2.75, 3.05) is 0 Å². The van der Waals surface area contributed by atoms with Gasteiger partial charge in [-0.15, -0.1) is 5.10 Å². The molecule has 1 heterocycles. The largest absolute Gasteiger partial charge is 0.487 e. The van der Waals surface area contributed by atoms with E-state index in [1.54, 1.807) is 4.68 Å². The van der Waals surface area contributed by atoms with Gasteiger partial charge in [-0.1, -0.05) is 30.3 Å². The van der Waals surface area contributed by atoms with Crippen molar-refractivity contribution in [3.05, 3.63) is 41.7 Å². The van der Waals surface area contributed by atoms with Crippen molar-refractivity contribution in [2.45, 2.75) is 32.4 Å². The molecule has 0 aliphatic heterocycles. The summed E-state index contributed by atoms with van der Waals surface area (Å²) in [5.41, 5.74) is 7.96. The van der Waals surface area contributed by atoms with Crippen LogP contribution in [0.1, 0.15) is 24.6 Å². The van der Waals surface area contributed by atoms with Crippen LogP contribution in [0.3, 0.4) is 0 Å². The molecule has 2 aromatic rings. The molecule has 1 aromatic carbocycles. The quantitative estimate of drug-likeness (QED) is 0.858. The van der Waals surface area contributed by atoms with E-state index >= 15 is 0 Å². The molecule has 0 amide bonds. The summed E-state index contributed by atoms with van der Waals surface area (Å²) in [4.78, 5) is 0. The summed E-state index contributed by atoms with van der Waals surface area (Å²) in [6.07, 6.45) is 3.63. The highest BCUT2D eigenvalue weighted by molar-refractivity contribution is 5.34. The molecule has 2 rings (SSSR count). The van der Waals surface area contributed by atoms with Gasteiger partial charge in [0, 0.05) is 13.1 Å². The Morgan fingerprint density at radius 3 is 2.84 bits per heavy atom. The maximum atomic E-state index is 6.00. The van der Waals surface area contributed by atoms with Crippen LogP contribution in [0.4, 0.5) is 0 Å². The molecule has 0 aliphatic rings. The molecule has 2 N–H and O–H groups in total. The second-order valence-corrected chi connectivity index (χ2v) is 4.65. The van der Waals surface area contributed by atoms with Gasteiger partial charge in [0.2, 0.25) is 0 Å². The third-order valence-corrected chi connectivity index (χ3v) is 3.00. The first-order valence-corrected chi connectivity index (χ1v) is 6.50. The zero-order chi connectivity index (χ0) is 13.7. The fourth-order valence-electron chi connectivity index (χ4n) is 1.85. The average Bonchev–Trinajstić information content (AvgIpc) is 2.83. The van der Waals surface area contributed by atoms with Gasteiger partial charge in [0.05, 0.1) is 6.20 Å². The second kappa shape index (κ2) is 6.33. The number of nitrogens with zero attached hydrogens (tertiary/aromatic N) is 3. The van der Waals surface area contributed by atoms with Gasteiger partial charge in [0.15, 0.2) is 0 Å². The van der Waals surface area contributed by atoms with Crippen LogP contribution in [0.5, 0.6) is 5.75 Å². The maximum absolute atomic E-state index is 6.00. The lowest BCUT2D eigenvalue weighted by atomic mass is 10.0. The lowest BCUT2D eigenvalue weighted by molar-refractivity contribution is 0.297. The fraction of sp³-hybridized carbons (Fsp3) is 0.429. The van der Waals surface area contributed by atoms with Gasteiger partial charge >= 0.3 is 0 Å². The lowest BCUT2D eigenvalue weighted by Gasteiger charge is -2.13. The van der Waals surface area contributed by atoms with Crippen LogP contribution in [-0.4, -0.2) is 21.0 Å². The topological polar surface area (TPSA) is 66.0 Å². The molecule has 0 saturated heterocycles. The Labute approximate surface area is 113 Å². The van der Waals surface area contributed by atoms with E-state index in [-0.39, 0.29) is 6.04 Å². The first-order chi connectivity index (χ1) is 9.19. The fourth-order valence-corrected chi connectivity index (χ4v) is 1.85. The number of nitrogens with two attached hydrogens (primary N) is 1. The van der Waals surface area contributed by atoms with Gasteiger partial charge in [-0.05, 0) is 24.5 Å². The average molecular weight is 260 g/mol. The Kier molecular flexibility index (Phi) is 4.52. The molecule has 1 unspecified atom stereocenters. The summed E-state index contributed by atoms with van der Waals surface area (Å²) in [5, 5.41) is 7.88. The van der Waals surface area contributed by atoms with Crippen LogP contribution in [-0.2, 0) is 20.1 Å². The Morgan fingerprint density at radius 2 is 2.16 bits per heavy atom. The molecule has 0 saturated carbocycles. The van der Waals surface area contributed by atoms with Gasteiger partial charge in [0.1, 0.15) is 18.1 Å². The monoisotopic (exact) mass is 260 g/mol. The predicted octanol–water partition coefficient (Wildman–Crippen LogP) is 1.67. The Hall–Kier alpha value is -1.88. The van der Waals surface area contributed by atoms with Crippen molar-refractivity contribution >= 4 is 0 Å². The number of hydrogen-bond acceptors (Lipinski definition) is 4. The second-order valence-electron chi connectivity index (χ2n) is 4.65. The van der Waals surface area contributed by atoms with Crippen LogP contribution < -0.4 is 10.5 Å². The zero-order valence-corrected chi connectivity index (χ0v) is 11.4. The van der Waals surface area contributed by atoms with E-state index in [2.05, 4.69) is 23.3 Å². The van der Waals surface area contributed by atoms with Crippen LogP contribution in [0.15, 0.2) is 30.5 Å². The number of ether oxygens (including phenoxy) is 1. The zero-order valence-electron chi connectivity index (χ0n) is 11.4. The van der Waals surface area contributed by atoms with Crippen molar-refractivity contribution in [3.63, 3.8) is 0 Å². The minimum absolute atomic E-state index is 0.168. The Balaban J connectivity index is 2.03. The van der Waals surface area contributed by atoms with E-state index in [4.69, 9.17) is 10.5 Å². The number of para-hydroxylation sites is 1. The number of benzene rings is 1. The summed E-state index contributed by atoms with van der Waals surface area (Å²) in [5.74, 6) is 0.872. The first kappa shape index (κ1) is 13.5. The number of aromatic nitrogens is 3. The molecule has 0 fully saturated rings. The number of hydrogen-bond donors (Lipinski definition) is 1. The van der Waals surface area contributed by atoms with Crippen molar-refractivity contribution < 1.29 is 4.74 Å². The highest BCUT2D eigenvalue weighted by Gasteiger charge is 2.08. The maximum Gasteiger partial charge on any atom is 0.134 e. The van der Waals surface area contributed by atoms with Gasteiger partial charge < -0.3 is 10.5 Å². The summed E-state index contributed by atoms with van der Waals surface area (Å²) < 4.78 is 7.47. The van der Waals surface area contributed by atoms with E-state index in [0.29, 0.717) is 6.61 Å². The molecule has 1 aromatic heterocycles. The van der Waals surface area contributed by atoms with Crippen molar-refractivity contribution in [2.24, 2.45) is 12.8 Å². The molecule has 1 atom stereocenters. The summed E-state index contributed by atoms with van der Waals surface area (Å²) in [6.45, 7) is 2.51. The Bertz CT molecular complexity index is 524. The van der Waals surface area contributed by atoms with Crippen molar-refractivity contribution in [1.82, 2.24) is 15.0 Å². The highest BCUT2D eigenvalue weighted by Crippen LogP contribution is 2.20. The standard InChI is InChI=1S/C14H20N4O/c1-3-12(15)8-11-6-4-5-7-14(11)19-10-13-9-18(2)17-16-13/h4-7,9,12H,3,8,10,15H2,1-2H3. The summed E-state index contributed by atoms with van der Waals surface area (Å²) in [6, 6.07) is 8.16. The van der Waals surface area contributed by atoms with E-state index in [0.717, 1.165) is 29.8 Å². The molecule has 5 heteroatoms. The normalized spacial score (nSPS) is 12.4. The third kappa shape index (κ3) is 3.79. The molecule has 0 aliphatic carbocycles. The number of rotatable bonds is 6. The molecule has 102 valence electrons. The lowest BCUT2D eigenvalue weighted by Crippen LogP contribution is -2.21. The van der Waals surface area contributed by atoms with E-state index in [1.165, 1.54) is 0 Å². The third-order valence-electron chi connectivity index (χ3n) is 3.00. The van der Waals surface area contributed by atoms with Gasteiger partial charge in [0.25, 0.3) is 0 Å². The van der Waals surface area contributed by atoms with Gasteiger partial charge in [-0.3, -0.25) is 4.68 Å². The summed E-state index contributed by atoms with van der Waals surface area (Å²) in [7, 11) is 1.84. The molecule has 0 radical (unpaired) electrons. The minimum atomic E-state index is 0.168. The van der Waals surface area contributed by atoms with E-state index < -0.39 is 0 Å². The van der Waals surface area contributed by atoms with Crippen LogP contribution in [0, 0.1) is 0 Å². The molecule has 19 heavy (non-hydrogen) atoms. The first-order valence-electron chi connectivity index (χ1n) is 6.50. The van der Waals surface area contributed by atoms with E-state index in [9.17, 15) is 0 Å². The molecular weight excluding hydrogens is 240 g/mol. The molecule has 5 nitrogen and oxygen atoms in total. The number of aryl methyl sites for hydroxylation is 1. The highest BCUT2D eigenvalue weighted by atomic mass is 16.5. The van der Waals surface area contributed by atoms with Crippen LogP contribution in [0.25, 0.3) is 0 Å². The Morgan fingerprint density at radius 1 is 1.37 bits per heavy atom. The molecule has 0 bridgehead atoms. The summed E-state index contributed by atoms with van der Waals surface area (Å²) >= 11 is 0. The van der Waals surface area contributed by atoms with Crippen molar-refractivity contribution in [3.8, 4) is 5.75 Å². The van der Waals surface area contributed by atoms with Gasteiger partial charge in [-0.2, -0.15) is 0 Å².